The quantitative estimate of drug-likeness (QED) is 0.749. The van der Waals surface area contributed by atoms with E-state index in [0.717, 1.165) is 45.6 Å². The fourth-order valence-electron chi connectivity index (χ4n) is 3.11. The van der Waals surface area contributed by atoms with Crippen LogP contribution in [0, 0.1) is 19.3 Å². The molecule has 2 rings (SSSR count). The van der Waals surface area contributed by atoms with Gasteiger partial charge in [-0.05, 0) is 36.8 Å². The molecule has 0 spiro atoms. The van der Waals surface area contributed by atoms with Crippen LogP contribution in [0.4, 0.5) is 4.79 Å². The zero-order valence-corrected chi connectivity index (χ0v) is 16.2. The number of nitrogens with zero attached hydrogens (tertiary/aromatic N) is 1. The molecule has 0 radical (unpaired) electrons. The molecule has 5 heteroatoms. The number of amides is 1. The smallest absolute Gasteiger partial charge is 0.404 e. The van der Waals surface area contributed by atoms with E-state index in [0.29, 0.717) is 0 Å². The van der Waals surface area contributed by atoms with Crippen molar-refractivity contribution >= 4 is 6.09 Å². The molecular weight excluding hydrogens is 328 g/mol. The van der Waals surface area contributed by atoms with Crippen molar-refractivity contribution < 1.29 is 15.0 Å². The van der Waals surface area contributed by atoms with Gasteiger partial charge in [-0.15, -0.1) is 0 Å². The summed E-state index contributed by atoms with van der Waals surface area (Å²) in [4.78, 5) is 15.8. The molecule has 0 aliphatic rings. The van der Waals surface area contributed by atoms with Crippen molar-refractivity contribution in [2.45, 2.75) is 54.2 Å². The number of aliphatic hydroxyl groups excluding tert-OH is 1. The number of nitrogens with one attached hydrogen (secondary N) is 1. The maximum absolute atomic E-state index is 11.1. The van der Waals surface area contributed by atoms with Crippen LogP contribution < -0.4 is 5.32 Å². The second-order valence-electron chi connectivity index (χ2n) is 7.90. The van der Waals surface area contributed by atoms with E-state index in [1.165, 1.54) is 0 Å². The van der Waals surface area contributed by atoms with E-state index in [-0.39, 0.29) is 18.6 Å². The molecule has 0 atom stereocenters. The third-order valence-electron chi connectivity index (χ3n) is 4.30. The van der Waals surface area contributed by atoms with E-state index in [4.69, 9.17) is 10.1 Å². The van der Waals surface area contributed by atoms with Crippen molar-refractivity contribution in [2.75, 3.05) is 0 Å². The largest absolute Gasteiger partial charge is 0.465 e. The van der Waals surface area contributed by atoms with Crippen LogP contribution in [0.15, 0.2) is 24.3 Å². The van der Waals surface area contributed by atoms with Crippen molar-refractivity contribution in [3.8, 4) is 11.1 Å². The first-order valence-electron chi connectivity index (χ1n) is 8.78. The summed E-state index contributed by atoms with van der Waals surface area (Å²) in [5, 5.41) is 21.5. The number of carbonyl (C=O) groups is 1. The second-order valence-corrected chi connectivity index (χ2v) is 7.90. The number of aryl methyl sites for hydroxylation is 2. The standard InChI is InChI=1S/C21H28N2O3/c1-13-6-8-15(9-7-13)19-16(11-22-20(25)26)18(10-21(3,4)5)23-14(2)17(19)12-24/h6-9,22,24H,10-12H2,1-5H3,(H,25,26). The Labute approximate surface area is 155 Å². The molecule has 1 amide bonds. The zero-order chi connectivity index (χ0) is 19.5. The lowest BCUT2D eigenvalue weighted by Gasteiger charge is -2.24. The molecule has 0 saturated heterocycles. The molecule has 5 nitrogen and oxygen atoms in total. The van der Waals surface area contributed by atoms with Gasteiger partial charge in [-0.1, -0.05) is 50.6 Å². The van der Waals surface area contributed by atoms with Crippen LogP contribution in [0.3, 0.4) is 0 Å². The average Bonchev–Trinajstić information content (AvgIpc) is 2.52. The summed E-state index contributed by atoms with van der Waals surface area (Å²) in [6.07, 6.45) is -0.359. The van der Waals surface area contributed by atoms with E-state index in [1.54, 1.807) is 0 Å². The minimum Gasteiger partial charge on any atom is -0.465 e. The van der Waals surface area contributed by atoms with Crippen LogP contribution in [0.2, 0.25) is 0 Å². The zero-order valence-electron chi connectivity index (χ0n) is 16.2. The van der Waals surface area contributed by atoms with E-state index < -0.39 is 6.09 Å². The molecule has 0 aliphatic heterocycles. The fourth-order valence-corrected chi connectivity index (χ4v) is 3.11. The van der Waals surface area contributed by atoms with Gasteiger partial charge in [0.15, 0.2) is 0 Å². The summed E-state index contributed by atoms with van der Waals surface area (Å²) in [7, 11) is 0. The molecule has 0 fully saturated rings. The number of rotatable bonds is 5. The molecule has 0 aliphatic carbocycles. The second kappa shape index (κ2) is 7.87. The normalized spacial score (nSPS) is 11.5. The van der Waals surface area contributed by atoms with Gasteiger partial charge in [0.1, 0.15) is 0 Å². The van der Waals surface area contributed by atoms with Gasteiger partial charge in [0, 0.05) is 29.1 Å². The van der Waals surface area contributed by atoms with Gasteiger partial charge in [-0.3, -0.25) is 4.98 Å². The Balaban J connectivity index is 2.73. The Morgan fingerprint density at radius 1 is 1.12 bits per heavy atom. The van der Waals surface area contributed by atoms with E-state index in [9.17, 15) is 9.90 Å². The van der Waals surface area contributed by atoms with Gasteiger partial charge in [-0.25, -0.2) is 4.79 Å². The Hall–Kier alpha value is -2.40. The van der Waals surface area contributed by atoms with Crippen molar-refractivity contribution in [3.05, 3.63) is 52.3 Å². The third kappa shape index (κ3) is 4.82. The van der Waals surface area contributed by atoms with Gasteiger partial charge < -0.3 is 15.5 Å². The highest BCUT2D eigenvalue weighted by Gasteiger charge is 2.22. The van der Waals surface area contributed by atoms with Gasteiger partial charge in [0.25, 0.3) is 0 Å². The first-order chi connectivity index (χ1) is 12.1. The third-order valence-corrected chi connectivity index (χ3v) is 4.30. The number of aliphatic hydroxyl groups is 1. The Bertz CT molecular complexity index is 790. The van der Waals surface area contributed by atoms with Crippen molar-refractivity contribution in [2.24, 2.45) is 5.41 Å². The summed E-state index contributed by atoms with van der Waals surface area (Å²) in [6, 6.07) is 8.05. The highest BCUT2D eigenvalue weighted by Crippen LogP contribution is 2.34. The molecular formula is C21H28N2O3. The van der Waals surface area contributed by atoms with Crippen LogP contribution in [-0.4, -0.2) is 21.3 Å². The van der Waals surface area contributed by atoms with Crippen LogP contribution in [0.25, 0.3) is 11.1 Å². The minimum absolute atomic E-state index is 0.00267. The summed E-state index contributed by atoms with van der Waals surface area (Å²) < 4.78 is 0. The molecule has 2 aromatic rings. The molecule has 3 N–H and O–H groups in total. The Morgan fingerprint density at radius 3 is 2.23 bits per heavy atom. The summed E-state index contributed by atoms with van der Waals surface area (Å²) in [5.41, 5.74) is 6.22. The highest BCUT2D eigenvalue weighted by molar-refractivity contribution is 5.74. The number of carboxylic acid groups (broad SMARTS) is 1. The topological polar surface area (TPSA) is 82.5 Å². The van der Waals surface area contributed by atoms with Crippen molar-refractivity contribution in [3.63, 3.8) is 0 Å². The molecule has 140 valence electrons. The minimum atomic E-state index is -1.08. The summed E-state index contributed by atoms with van der Waals surface area (Å²) in [6.45, 7) is 10.3. The van der Waals surface area contributed by atoms with E-state index in [1.807, 2.05) is 38.1 Å². The molecule has 0 unspecified atom stereocenters. The summed E-state index contributed by atoms with van der Waals surface area (Å²) >= 11 is 0. The maximum Gasteiger partial charge on any atom is 0.404 e. The van der Waals surface area contributed by atoms with Gasteiger partial charge in [0.05, 0.1) is 6.61 Å². The molecule has 26 heavy (non-hydrogen) atoms. The van der Waals surface area contributed by atoms with Gasteiger partial charge >= 0.3 is 6.09 Å². The fraction of sp³-hybridized carbons (Fsp3) is 0.429. The van der Waals surface area contributed by atoms with Crippen LogP contribution in [-0.2, 0) is 19.6 Å². The Morgan fingerprint density at radius 2 is 1.73 bits per heavy atom. The molecule has 0 saturated carbocycles. The van der Waals surface area contributed by atoms with Crippen LogP contribution >= 0.6 is 0 Å². The predicted molar refractivity (Wildman–Crippen MR) is 103 cm³/mol. The maximum atomic E-state index is 11.1. The highest BCUT2D eigenvalue weighted by atomic mass is 16.4. The van der Waals surface area contributed by atoms with E-state index in [2.05, 4.69) is 26.1 Å². The van der Waals surface area contributed by atoms with Gasteiger partial charge in [-0.2, -0.15) is 0 Å². The Kier molecular flexibility index (Phi) is 6.03. The molecule has 1 aromatic heterocycles. The monoisotopic (exact) mass is 356 g/mol. The lowest BCUT2D eigenvalue weighted by atomic mass is 9.85. The molecule has 1 heterocycles. The average molecular weight is 356 g/mol. The molecule has 0 bridgehead atoms. The van der Waals surface area contributed by atoms with E-state index >= 15 is 0 Å². The van der Waals surface area contributed by atoms with Crippen molar-refractivity contribution in [1.29, 1.82) is 0 Å². The SMILES string of the molecule is Cc1ccc(-c2c(CO)c(C)nc(CC(C)(C)C)c2CNC(=O)O)cc1. The van der Waals surface area contributed by atoms with Gasteiger partial charge in [0.2, 0.25) is 0 Å². The molecule has 1 aromatic carbocycles. The number of hydrogen-bond acceptors (Lipinski definition) is 3. The number of pyridine rings is 1. The summed E-state index contributed by atoms with van der Waals surface area (Å²) in [5.74, 6) is 0. The van der Waals surface area contributed by atoms with Crippen LogP contribution in [0.5, 0.6) is 0 Å². The first-order valence-corrected chi connectivity index (χ1v) is 8.78. The number of aromatic nitrogens is 1. The van der Waals surface area contributed by atoms with Crippen molar-refractivity contribution in [1.82, 2.24) is 10.3 Å². The number of hydrogen-bond donors (Lipinski definition) is 3. The number of benzene rings is 1. The lowest BCUT2D eigenvalue weighted by molar-refractivity contribution is 0.194. The van der Waals surface area contributed by atoms with Crippen LogP contribution in [0.1, 0.15) is 48.8 Å². The predicted octanol–water partition coefficient (Wildman–Crippen LogP) is 4.21. The lowest BCUT2D eigenvalue weighted by Crippen LogP contribution is -2.24. The first kappa shape index (κ1) is 19.9.